The summed E-state index contributed by atoms with van der Waals surface area (Å²) >= 11 is 0. The normalized spacial score (nSPS) is 10.7. The number of aromatic nitrogens is 1. The second-order valence-corrected chi connectivity index (χ2v) is 6.25. The summed E-state index contributed by atoms with van der Waals surface area (Å²) in [4.78, 5) is 29.7. The summed E-state index contributed by atoms with van der Waals surface area (Å²) in [5.41, 5.74) is 9.44. The van der Waals surface area contributed by atoms with Gasteiger partial charge in [-0.05, 0) is 62.9 Å². The van der Waals surface area contributed by atoms with Crippen molar-refractivity contribution in [3.05, 3.63) is 58.9 Å². The standard InChI is InChI=1S/C19H24N4O2/c1-13-10-14(2)21-17(11-13)12-23(3)9-8-18(24)22-16-6-4-15(5-7-16)19(20)25/h4-7,10-11H,8-9,12H2,1-3H3,(H2,20,25)(H,22,24). The van der Waals surface area contributed by atoms with Crippen LogP contribution in [0.3, 0.4) is 0 Å². The summed E-state index contributed by atoms with van der Waals surface area (Å²) in [6.45, 7) is 5.35. The van der Waals surface area contributed by atoms with Gasteiger partial charge < -0.3 is 16.0 Å². The molecule has 6 heteroatoms. The zero-order valence-corrected chi connectivity index (χ0v) is 14.9. The first-order valence-corrected chi connectivity index (χ1v) is 8.16. The molecule has 0 radical (unpaired) electrons. The topological polar surface area (TPSA) is 88.3 Å². The summed E-state index contributed by atoms with van der Waals surface area (Å²) in [6.07, 6.45) is 0.374. The van der Waals surface area contributed by atoms with Crippen LogP contribution in [0, 0.1) is 13.8 Å². The van der Waals surface area contributed by atoms with Gasteiger partial charge in [0.05, 0.1) is 5.69 Å². The fraction of sp³-hybridized carbons (Fsp3) is 0.316. The number of hydrogen-bond acceptors (Lipinski definition) is 4. The Morgan fingerprint density at radius 2 is 1.84 bits per heavy atom. The molecule has 0 aliphatic rings. The Bertz CT molecular complexity index is 736. The van der Waals surface area contributed by atoms with Crippen molar-refractivity contribution >= 4 is 17.5 Å². The highest BCUT2D eigenvalue weighted by Crippen LogP contribution is 2.10. The molecule has 132 valence electrons. The number of pyridine rings is 1. The van der Waals surface area contributed by atoms with Gasteiger partial charge in [0, 0.05) is 36.5 Å². The molecule has 2 amide bonds. The zero-order chi connectivity index (χ0) is 18.4. The van der Waals surface area contributed by atoms with Gasteiger partial charge in [-0.1, -0.05) is 0 Å². The lowest BCUT2D eigenvalue weighted by molar-refractivity contribution is -0.116. The van der Waals surface area contributed by atoms with E-state index >= 15 is 0 Å². The van der Waals surface area contributed by atoms with E-state index in [2.05, 4.69) is 28.2 Å². The number of aryl methyl sites for hydroxylation is 2. The Hall–Kier alpha value is -2.73. The number of hydrogen-bond donors (Lipinski definition) is 2. The number of benzene rings is 1. The Morgan fingerprint density at radius 3 is 2.44 bits per heavy atom. The van der Waals surface area contributed by atoms with Gasteiger partial charge >= 0.3 is 0 Å². The quantitative estimate of drug-likeness (QED) is 0.809. The molecule has 0 aliphatic carbocycles. The van der Waals surface area contributed by atoms with Crippen molar-refractivity contribution in [2.75, 3.05) is 18.9 Å². The molecule has 0 aliphatic heterocycles. The fourth-order valence-corrected chi connectivity index (χ4v) is 2.60. The number of nitrogens with zero attached hydrogens (tertiary/aromatic N) is 2. The van der Waals surface area contributed by atoms with Crippen LogP contribution in [0.15, 0.2) is 36.4 Å². The Kier molecular flexibility index (Phi) is 6.25. The van der Waals surface area contributed by atoms with Gasteiger partial charge in [-0.2, -0.15) is 0 Å². The number of rotatable bonds is 7. The molecule has 0 unspecified atom stereocenters. The van der Waals surface area contributed by atoms with Crippen LogP contribution in [-0.4, -0.2) is 35.3 Å². The van der Waals surface area contributed by atoms with Crippen LogP contribution >= 0.6 is 0 Å². The van der Waals surface area contributed by atoms with E-state index < -0.39 is 5.91 Å². The predicted octanol–water partition coefficient (Wildman–Crippen LogP) is 2.26. The second-order valence-electron chi connectivity index (χ2n) is 6.25. The van der Waals surface area contributed by atoms with E-state index in [0.29, 0.717) is 30.8 Å². The maximum absolute atomic E-state index is 12.1. The van der Waals surface area contributed by atoms with Gasteiger partial charge in [0.2, 0.25) is 11.8 Å². The lowest BCUT2D eigenvalue weighted by atomic mass is 10.2. The first-order chi connectivity index (χ1) is 11.8. The van der Waals surface area contributed by atoms with Gasteiger partial charge in [-0.15, -0.1) is 0 Å². The van der Waals surface area contributed by atoms with E-state index in [1.54, 1.807) is 24.3 Å². The number of nitrogens with two attached hydrogens (primary N) is 1. The van der Waals surface area contributed by atoms with Crippen LogP contribution in [-0.2, 0) is 11.3 Å². The summed E-state index contributed by atoms with van der Waals surface area (Å²) in [5.74, 6) is -0.563. The number of anilines is 1. The second kappa shape index (κ2) is 8.39. The molecule has 0 atom stereocenters. The van der Waals surface area contributed by atoms with Gasteiger partial charge in [0.25, 0.3) is 0 Å². The molecule has 2 aromatic rings. The van der Waals surface area contributed by atoms with Crippen molar-refractivity contribution in [2.24, 2.45) is 5.73 Å². The van der Waals surface area contributed by atoms with Crippen LogP contribution in [0.4, 0.5) is 5.69 Å². The third-order valence-corrected chi connectivity index (χ3v) is 3.76. The third kappa shape index (κ3) is 6.00. The molecular formula is C19H24N4O2. The highest BCUT2D eigenvalue weighted by molar-refractivity contribution is 5.94. The van der Waals surface area contributed by atoms with E-state index in [1.807, 2.05) is 20.0 Å². The molecule has 0 saturated heterocycles. The molecule has 0 spiro atoms. The van der Waals surface area contributed by atoms with Crippen molar-refractivity contribution in [3.63, 3.8) is 0 Å². The van der Waals surface area contributed by atoms with E-state index in [-0.39, 0.29) is 5.91 Å². The minimum Gasteiger partial charge on any atom is -0.366 e. The third-order valence-electron chi connectivity index (χ3n) is 3.76. The Labute approximate surface area is 148 Å². The molecule has 0 fully saturated rings. The maximum atomic E-state index is 12.1. The monoisotopic (exact) mass is 340 g/mol. The van der Waals surface area contributed by atoms with Gasteiger partial charge in [-0.3, -0.25) is 14.6 Å². The van der Waals surface area contributed by atoms with Crippen molar-refractivity contribution in [1.29, 1.82) is 0 Å². The van der Waals surface area contributed by atoms with E-state index in [9.17, 15) is 9.59 Å². The smallest absolute Gasteiger partial charge is 0.248 e. The maximum Gasteiger partial charge on any atom is 0.248 e. The molecule has 0 saturated carbocycles. The summed E-state index contributed by atoms with van der Waals surface area (Å²) in [5, 5.41) is 2.81. The number of nitrogens with one attached hydrogen (secondary N) is 1. The minimum atomic E-state index is -0.487. The largest absolute Gasteiger partial charge is 0.366 e. The Balaban J connectivity index is 1.81. The molecule has 25 heavy (non-hydrogen) atoms. The van der Waals surface area contributed by atoms with Gasteiger partial charge in [-0.25, -0.2) is 0 Å². The average Bonchev–Trinajstić information content (AvgIpc) is 2.52. The van der Waals surface area contributed by atoms with E-state index in [1.165, 1.54) is 5.56 Å². The summed E-state index contributed by atoms with van der Waals surface area (Å²) in [6, 6.07) is 10.6. The van der Waals surface area contributed by atoms with Crippen LogP contribution in [0.1, 0.15) is 33.7 Å². The van der Waals surface area contributed by atoms with Crippen LogP contribution in [0.5, 0.6) is 0 Å². The van der Waals surface area contributed by atoms with Crippen molar-refractivity contribution in [2.45, 2.75) is 26.8 Å². The first kappa shape index (κ1) is 18.6. The van der Waals surface area contributed by atoms with E-state index in [0.717, 1.165) is 11.4 Å². The molecule has 2 rings (SSSR count). The Morgan fingerprint density at radius 1 is 1.16 bits per heavy atom. The van der Waals surface area contributed by atoms with Gasteiger partial charge in [0.1, 0.15) is 0 Å². The molecule has 0 bridgehead atoms. The van der Waals surface area contributed by atoms with Crippen molar-refractivity contribution in [1.82, 2.24) is 9.88 Å². The number of primary amides is 1. The highest BCUT2D eigenvalue weighted by Gasteiger charge is 2.08. The van der Waals surface area contributed by atoms with Crippen molar-refractivity contribution < 1.29 is 9.59 Å². The molecule has 3 N–H and O–H groups in total. The van der Waals surface area contributed by atoms with E-state index in [4.69, 9.17) is 5.73 Å². The van der Waals surface area contributed by atoms with Gasteiger partial charge in [0.15, 0.2) is 0 Å². The van der Waals surface area contributed by atoms with Crippen molar-refractivity contribution in [3.8, 4) is 0 Å². The van der Waals surface area contributed by atoms with Crippen LogP contribution < -0.4 is 11.1 Å². The van der Waals surface area contributed by atoms with Crippen LogP contribution in [0.25, 0.3) is 0 Å². The molecule has 1 heterocycles. The lowest BCUT2D eigenvalue weighted by Gasteiger charge is -2.16. The summed E-state index contributed by atoms with van der Waals surface area (Å²) < 4.78 is 0. The summed E-state index contributed by atoms with van der Waals surface area (Å²) in [7, 11) is 1.97. The number of amides is 2. The SMILES string of the molecule is Cc1cc(C)nc(CN(C)CCC(=O)Nc2ccc(C(N)=O)cc2)c1. The average molecular weight is 340 g/mol. The molecule has 1 aromatic heterocycles. The molecule has 6 nitrogen and oxygen atoms in total. The zero-order valence-electron chi connectivity index (χ0n) is 14.9. The number of carbonyl (C=O) groups is 2. The fourth-order valence-electron chi connectivity index (χ4n) is 2.60. The predicted molar refractivity (Wildman–Crippen MR) is 98.3 cm³/mol. The molecular weight excluding hydrogens is 316 g/mol. The molecule has 1 aromatic carbocycles. The minimum absolute atomic E-state index is 0.0768. The van der Waals surface area contributed by atoms with Crippen LogP contribution in [0.2, 0.25) is 0 Å². The number of carbonyl (C=O) groups excluding carboxylic acids is 2. The lowest BCUT2D eigenvalue weighted by Crippen LogP contribution is -2.24. The first-order valence-electron chi connectivity index (χ1n) is 8.16. The highest BCUT2D eigenvalue weighted by atomic mass is 16.2.